The van der Waals surface area contributed by atoms with Gasteiger partial charge in [-0.3, -0.25) is 9.89 Å². The van der Waals surface area contributed by atoms with Gasteiger partial charge in [-0.1, -0.05) is 42.5 Å². The first-order chi connectivity index (χ1) is 12.1. The average Bonchev–Trinajstić information content (AvgIpc) is 3.11. The molecule has 0 saturated heterocycles. The number of nitrogens with zero attached hydrogens (tertiary/aromatic N) is 3. The Hall–Kier alpha value is -3.74. The third-order valence-electron chi connectivity index (χ3n) is 3.95. The molecule has 7 heteroatoms. The zero-order valence-electron chi connectivity index (χ0n) is 13.1. The first kappa shape index (κ1) is 14.8. The highest BCUT2D eigenvalue weighted by atomic mass is 16.1. The molecule has 0 unspecified atom stereocenters. The van der Waals surface area contributed by atoms with E-state index in [1.807, 2.05) is 48.5 Å². The first-order valence-electron chi connectivity index (χ1n) is 7.60. The molecule has 2 aromatic carbocycles. The van der Waals surface area contributed by atoms with Gasteiger partial charge in [-0.05, 0) is 6.07 Å². The number of primary amides is 1. The molecule has 0 aliphatic carbocycles. The maximum atomic E-state index is 11.8. The number of benzene rings is 2. The second kappa shape index (κ2) is 5.72. The van der Waals surface area contributed by atoms with Gasteiger partial charge < -0.3 is 11.5 Å². The highest BCUT2D eigenvalue weighted by molar-refractivity contribution is 6.03. The summed E-state index contributed by atoms with van der Waals surface area (Å²) in [4.78, 5) is 20.7. The van der Waals surface area contributed by atoms with Gasteiger partial charge in [-0.15, -0.1) is 0 Å². The molecule has 2 aromatic heterocycles. The van der Waals surface area contributed by atoms with E-state index in [0.29, 0.717) is 11.5 Å². The number of aromatic amines is 1. The van der Waals surface area contributed by atoms with Crippen LogP contribution in [0.15, 0.2) is 54.7 Å². The van der Waals surface area contributed by atoms with Crippen LogP contribution in [-0.4, -0.2) is 26.1 Å². The van der Waals surface area contributed by atoms with E-state index < -0.39 is 5.91 Å². The van der Waals surface area contributed by atoms with E-state index in [-0.39, 0.29) is 11.4 Å². The van der Waals surface area contributed by atoms with Crippen molar-refractivity contribution in [3.05, 3.63) is 60.4 Å². The Morgan fingerprint density at radius 3 is 2.56 bits per heavy atom. The van der Waals surface area contributed by atoms with Gasteiger partial charge in [0.2, 0.25) is 0 Å². The minimum absolute atomic E-state index is 0.00403. The van der Waals surface area contributed by atoms with Crippen LogP contribution < -0.4 is 11.5 Å². The fraction of sp³-hybridized carbons (Fsp3) is 0. The molecule has 4 rings (SSSR count). The number of nitrogens with two attached hydrogens (primary N) is 2. The lowest BCUT2D eigenvalue weighted by molar-refractivity contribution is 0.0996. The molecule has 0 fully saturated rings. The lowest BCUT2D eigenvalue weighted by Gasteiger charge is -2.11. The number of H-pyrrole nitrogens is 1. The van der Waals surface area contributed by atoms with Crippen LogP contribution in [0.2, 0.25) is 0 Å². The third-order valence-corrected chi connectivity index (χ3v) is 3.95. The fourth-order valence-electron chi connectivity index (χ4n) is 2.75. The van der Waals surface area contributed by atoms with Crippen molar-refractivity contribution in [3.8, 4) is 22.6 Å². The molecular formula is C18H14N6O. The van der Waals surface area contributed by atoms with Gasteiger partial charge in [0.15, 0.2) is 11.5 Å². The van der Waals surface area contributed by atoms with Crippen molar-refractivity contribution in [1.29, 1.82) is 0 Å². The molecule has 5 N–H and O–H groups in total. The number of anilines is 1. The topological polar surface area (TPSA) is 124 Å². The van der Waals surface area contributed by atoms with Gasteiger partial charge in [0.05, 0.1) is 23.1 Å². The Bertz CT molecular complexity index is 1090. The summed E-state index contributed by atoms with van der Waals surface area (Å²) in [7, 11) is 0. The molecule has 0 radical (unpaired) electrons. The van der Waals surface area contributed by atoms with Crippen molar-refractivity contribution in [2.45, 2.75) is 0 Å². The molecule has 0 aliphatic heterocycles. The largest absolute Gasteiger partial charge is 0.395 e. The Kier molecular flexibility index (Phi) is 3.39. The van der Waals surface area contributed by atoms with E-state index in [1.165, 1.54) is 0 Å². The highest BCUT2D eigenvalue weighted by Gasteiger charge is 2.19. The van der Waals surface area contributed by atoms with Gasteiger partial charge in [0.25, 0.3) is 5.91 Å². The third kappa shape index (κ3) is 2.47. The zero-order valence-corrected chi connectivity index (χ0v) is 13.1. The van der Waals surface area contributed by atoms with Crippen LogP contribution in [0.25, 0.3) is 33.5 Å². The molecule has 0 atom stereocenters. The zero-order chi connectivity index (χ0) is 17.4. The summed E-state index contributed by atoms with van der Waals surface area (Å²) >= 11 is 0. The Labute approximate surface area is 142 Å². The molecule has 0 aliphatic rings. The molecule has 0 bridgehead atoms. The summed E-state index contributed by atoms with van der Waals surface area (Å²) in [5, 5.41) is 7.81. The normalized spacial score (nSPS) is 10.9. The van der Waals surface area contributed by atoms with Crippen molar-refractivity contribution in [2.24, 2.45) is 5.73 Å². The number of rotatable bonds is 3. The number of carbonyl (C=O) groups is 1. The standard InChI is InChI=1S/C18H14N6O/c19-14-15(11-7-4-8-13-12(11)9-21-24-13)22-18(23-16(14)17(20)25)10-5-2-1-3-6-10/h1-9H,19H2,(H2,20,25)(H,21,24). The number of fused-ring (bicyclic) bond motifs is 1. The number of nitrogens with one attached hydrogen (secondary N) is 1. The van der Waals surface area contributed by atoms with Crippen molar-refractivity contribution >= 4 is 22.5 Å². The lowest BCUT2D eigenvalue weighted by Crippen LogP contribution is -2.17. The van der Waals surface area contributed by atoms with E-state index in [0.717, 1.165) is 22.0 Å². The monoisotopic (exact) mass is 330 g/mol. The highest BCUT2D eigenvalue weighted by Crippen LogP contribution is 2.33. The summed E-state index contributed by atoms with van der Waals surface area (Å²) in [5.41, 5.74) is 14.6. The molecule has 0 saturated carbocycles. The summed E-state index contributed by atoms with van der Waals surface area (Å²) in [6, 6.07) is 15.0. The van der Waals surface area contributed by atoms with Gasteiger partial charge >= 0.3 is 0 Å². The molecule has 0 spiro atoms. The molecule has 1 amide bonds. The summed E-state index contributed by atoms with van der Waals surface area (Å²) in [6.07, 6.45) is 1.69. The summed E-state index contributed by atoms with van der Waals surface area (Å²) in [5.74, 6) is -0.309. The second-order valence-electron chi connectivity index (χ2n) is 5.53. The first-order valence-corrected chi connectivity index (χ1v) is 7.60. The number of nitrogen functional groups attached to an aromatic ring is 1. The molecule has 2 heterocycles. The van der Waals surface area contributed by atoms with Crippen LogP contribution in [-0.2, 0) is 0 Å². The predicted molar refractivity (Wildman–Crippen MR) is 95.5 cm³/mol. The van der Waals surface area contributed by atoms with E-state index in [1.54, 1.807) is 6.20 Å². The van der Waals surface area contributed by atoms with Crippen LogP contribution in [0.4, 0.5) is 5.69 Å². The van der Waals surface area contributed by atoms with Gasteiger partial charge in [-0.25, -0.2) is 9.97 Å². The average molecular weight is 330 g/mol. The number of aromatic nitrogens is 4. The van der Waals surface area contributed by atoms with Crippen molar-refractivity contribution < 1.29 is 4.79 Å². The van der Waals surface area contributed by atoms with Crippen LogP contribution in [0.1, 0.15) is 10.5 Å². The molecule has 25 heavy (non-hydrogen) atoms. The van der Waals surface area contributed by atoms with Crippen molar-refractivity contribution in [1.82, 2.24) is 20.2 Å². The number of hydrogen-bond acceptors (Lipinski definition) is 5. The van der Waals surface area contributed by atoms with Gasteiger partial charge in [0.1, 0.15) is 0 Å². The quantitative estimate of drug-likeness (QED) is 0.532. The second-order valence-corrected chi connectivity index (χ2v) is 5.53. The maximum Gasteiger partial charge on any atom is 0.269 e. The lowest BCUT2D eigenvalue weighted by atomic mass is 10.0. The SMILES string of the molecule is NC(=O)c1nc(-c2ccccc2)nc(-c2cccc3[nH]ncc23)c1N. The molecular weight excluding hydrogens is 316 g/mol. The fourth-order valence-corrected chi connectivity index (χ4v) is 2.75. The van der Waals surface area contributed by atoms with Crippen molar-refractivity contribution in [2.75, 3.05) is 5.73 Å². The Balaban J connectivity index is 2.03. The van der Waals surface area contributed by atoms with E-state index >= 15 is 0 Å². The van der Waals surface area contributed by atoms with Crippen LogP contribution >= 0.6 is 0 Å². The van der Waals surface area contributed by atoms with Crippen molar-refractivity contribution in [3.63, 3.8) is 0 Å². The Morgan fingerprint density at radius 2 is 1.80 bits per heavy atom. The predicted octanol–water partition coefficient (Wildman–Crippen LogP) is 2.37. The minimum atomic E-state index is -0.697. The van der Waals surface area contributed by atoms with E-state index in [2.05, 4.69) is 20.2 Å². The van der Waals surface area contributed by atoms with E-state index in [4.69, 9.17) is 11.5 Å². The minimum Gasteiger partial charge on any atom is -0.395 e. The number of amides is 1. The van der Waals surface area contributed by atoms with E-state index in [9.17, 15) is 4.79 Å². The molecule has 122 valence electrons. The van der Waals surface area contributed by atoms with Crippen LogP contribution in [0.5, 0.6) is 0 Å². The number of hydrogen-bond donors (Lipinski definition) is 3. The molecule has 7 nitrogen and oxygen atoms in total. The summed E-state index contributed by atoms with van der Waals surface area (Å²) in [6.45, 7) is 0. The van der Waals surface area contributed by atoms with Gasteiger partial charge in [0, 0.05) is 16.5 Å². The smallest absolute Gasteiger partial charge is 0.269 e. The summed E-state index contributed by atoms with van der Waals surface area (Å²) < 4.78 is 0. The van der Waals surface area contributed by atoms with Crippen LogP contribution in [0.3, 0.4) is 0 Å². The Morgan fingerprint density at radius 1 is 1.00 bits per heavy atom. The molecule has 4 aromatic rings. The number of carbonyl (C=O) groups excluding carboxylic acids is 1. The maximum absolute atomic E-state index is 11.8. The van der Waals surface area contributed by atoms with Gasteiger partial charge in [-0.2, -0.15) is 5.10 Å². The van der Waals surface area contributed by atoms with Crippen LogP contribution in [0, 0.1) is 0 Å².